The summed E-state index contributed by atoms with van der Waals surface area (Å²) >= 11 is 0. The molecule has 0 rings (SSSR count). The molecular weight excluding hydrogens is 679 g/mol. The van der Waals surface area contributed by atoms with E-state index in [1.807, 2.05) is 19.1 Å². The molecule has 2 atom stereocenters. The van der Waals surface area contributed by atoms with Crippen molar-refractivity contribution < 1.29 is 43.0 Å². The van der Waals surface area contributed by atoms with Crippen LogP contribution in [0.1, 0.15) is 175 Å². The predicted molar refractivity (Wildman–Crippen MR) is 213 cm³/mol. The summed E-state index contributed by atoms with van der Waals surface area (Å²) in [6.45, 7) is 5.52. The molecule has 0 aliphatic rings. The zero-order valence-electron chi connectivity index (χ0n) is 33.0. The third-order valence-electron chi connectivity index (χ3n) is 8.55. The number of phosphoric acid groups is 1. The van der Waals surface area contributed by atoms with Gasteiger partial charge in [0.1, 0.15) is 6.61 Å². The molecule has 0 amide bonds. The summed E-state index contributed by atoms with van der Waals surface area (Å²) < 4.78 is 26.3. The van der Waals surface area contributed by atoms with Crippen LogP contribution in [0.25, 0.3) is 0 Å². The summed E-state index contributed by atoms with van der Waals surface area (Å²) in [5.41, 5.74) is 0. The molecule has 0 aromatic carbocycles. The second-order valence-electron chi connectivity index (χ2n) is 14.4. The highest BCUT2D eigenvalue weighted by atomic mass is 31.2. The third-order valence-corrected chi connectivity index (χ3v) is 9.03. The monoisotopic (exact) mass is 755 g/mol. The minimum absolute atomic E-state index is 0.124. The van der Waals surface area contributed by atoms with Gasteiger partial charge in [-0.2, -0.15) is 0 Å². The van der Waals surface area contributed by atoms with Gasteiger partial charge in [0.15, 0.2) is 6.10 Å². The minimum Gasteiger partial charge on any atom is -0.462 e. The molecule has 0 bridgehead atoms. The first-order valence-corrected chi connectivity index (χ1v) is 21.9. The first kappa shape index (κ1) is 50.0. The van der Waals surface area contributed by atoms with E-state index in [9.17, 15) is 19.3 Å². The van der Waals surface area contributed by atoms with Gasteiger partial charge in [-0.05, 0) is 70.6 Å². The first-order chi connectivity index (χ1) is 25.0. The lowest BCUT2D eigenvalue weighted by atomic mass is 10.0. The van der Waals surface area contributed by atoms with Crippen LogP contribution in [-0.2, 0) is 28.2 Å². The fourth-order valence-corrected chi connectivity index (χ4v) is 5.87. The minimum atomic E-state index is -4.78. The van der Waals surface area contributed by atoms with Crippen molar-refractivity contribution >= 4 is 19.8 Å². The summed E-state index contributed by atoms with van der Waals surface area (Å²) in [6, 6.07) is 0. The van der Waals surface area contributed by atoms with Gasteiger partial charge in [-0.15, -0.1) is 0 Å². The average molecular weight is 755 g/mol. The number of phosphoric ester groups is 1. The first-order valence-electron chi connectivity index (χ1n) is 20.3. The molecule has 0 saturated heterocycles. The fourth-order valence-electron chi connectivity index (χ4n) is 5.51. The molecule has 0 aliphatic carbocycles. The van der Waals surface area contributed by atoms with Gasteiger partial charge < -0.3 is 24.4 Å². The molecule has 52 heavy (non-hydrogen) atoms. The van der Waals surface area contributed by atoms with Crippen molar-refractivity contribution in [1.82, 2.24) is 0 Å². The summed E-state index contributed by atoms with van der Waals surface area (Å²) in [4.78, 5) is 42.8. The standard InChI is InChI=1S/C42H75O9P/c1-38(2)32-28-24-20-16-12-8-7-11-14-18-22-26-30-34-41(44)49-36-40(37-50-52(46,47)48)51-42(45)35-31-27-23-19-15-10-6-4-5-9-13-17-21-25-29-33-39(3)43/h5-6,9-10,17,19,21,23,38-40,43H,4,7-8,11-16,18,20,22,24-37H2,1-3H3,(H2,46,47,48)/b9-5-,10-6-,21-17-,23-19-/t39-,40+/m0/s1. The topological polar surface area (TPSA) is 140 Å². The highest BCUT2D eigenvalue weighted by molar-refractivity contribution is 7.46. The van der Waals surface area contributed by atoms with Gasteiger partial charge in [-0.25, -0.2) is 4.57 Å². The molecule has 0 radical (unpaired) electrons. The molecule has 0 heterocycles. The molecule has 0 aromatic rings. The average Bonchev–Trinajstić information content (AvgIpc) is 3.08. The molecule has 0 spiro atoms. The van der Waals surface area contributed by atoms with Crippen LogP contribution in [0.2, 0.25) is 0 Å². The van der Waals surface area contributed by atoms with E-state index in [1.54, 1.807) is 0 Å². The Kier molecular flexibility index (Phi) is 34.6. The van der Waals surface area contributed by atoms with E-state index in [-0.39, 0.29) is 25.6 Å². The van der Waals surface area contributed by atoms with Crippen molar-refractivity contribution in [3.63, 3.8) is 0 Å². The van der Waals surface area contributed by atoms with E-state index < -0.39 is 32.5 Å². The van der Waals surface area contributed by atoms with Crippen molar-refractivity contribution in [3.05, 3.63) is 48.6 Å². The normalized spacial score (nSPS) is 13.7. The molecule has 10 heteroatoms. The summed E-state index contributed by atoms with van der Waals surface area (Å²) in [6.07, 6.45) is 39.7. The largest absolute Gasteiger partial charge is 0.469 e. The highest BCUT2D eigenvalue weighted by Crippen LogP contribution is 2.36. The van der Waals surface area contributed by atoms with Gasteiger partial charge in [0, 0.05) is 12.8 Å². The molecule has 0 fully saturated rings. The van der Waals surface area contributed by atoms with Gasteiger partial charge in [-0.3, -0.25) is 14.1 Å². The molecule has 3 N–H and O–H groups in total. The Morgan fingerprint density at radius 3 is 1.48 bits per heavy atom. The summed E-state index contributed by atoms with van der Waals surface area (Å²) in [7, 11) is -4.78. The van der Waals surface area contributed by atoms with Gasteiger partial charge in [-0.1, -0.05) is 146 Å². The van der Waals surface area contributed by atoms with E-state index >= 15 is 0 Å². The van der Waals surface area contributed by atoms with Gasteiger partial charge in [0.2, 0.25) is 0 Å². The number of ether oxygens (including phenoxy) is 2. The number of carbonyl (C=O) groups is 2. The quantitative estimate of drug-likeness (QED) is 0.0247. The SMILES string of the molecule is CC(C)CCCCCCCCCCCCCCCC(=O)OC[C@H](COP(=O)(O)O)OC(=O)CCC/C=C\C/C=C\C/C=C\C/C=C\CCC[C@H](C)O. The number of carbonyl (C=O) groups excluding carboxylic acids is 2. The zero-order valence-corrected chi connectivity index (χ0v) is 33.9. The lowest BCUT2D eigenvalue weighted by Crippen LogP contribution is -2.29. The molecule has 0 aromatic heterocycles. The molecule has 0 unspecified atom stereocenters. The number of aliphatic hydroxyl groups excluding tert-OH is 1. The number of allylic oxidation sites excluding steroid dienone is 8. The Bertz CT molecular complexity index is 1010. The van der Waals surface area contributed by atoms with Crippen LogP contribution in [0.4, 0.5) is 0 Å². The van der Waals surface area contributed by atoms with Crippen LogP contribution in [0.5, 0.6) is 0 Å². The van der Waals surface area contributed by atoms with Crippen molar-refractivity contribution in [2.75, 3.05) is 13.2 Å². The van der Waals surface area contributed by atoms with Crippen LogP contribution in [0, 0.1) is 5.92 Å². The smallest absolute Gasteiger partial charge is 0.462 e. The Balaban J connectivity index is 4.03. The Morgan fingerprint density at radius 2 is 1.00 bits per heavy atom. The van der Waals surface area contributed by atoms with E-state index in [4.69, 9.17) is 19.3 Å². The fraction of sp³-hybridized carbons (Fsp3) is 0.762. The van der Waals surface area contributed by atoms with Crippen molar-refractivity contribution in [1.29, 1.82) is 0 Å². The number of hydrogen-bond donors (Lipinski definition) is 3. The maximum absolute atomic E-state index is 12.4. The van der Waals surface area contributed by atoms with E-state index in [0.29, 0.717) is 19.3 Å². The van der Waals surface area contributed by atoms with Crippen molar-refractivity contribution in [2.45, 2.75) is 187 Å². The number of aliphatic hydroxyl groups is 1. The molecule has 0 saturated carbocycles. The third kappa shape index (κ3) is 40.7. The van der Waals surface area contributed by atoms with E-state index in [1.165, 1.54) is 70.6 Å². The van der Waals surface area contributed by atoms with Crippen LogP contribution in [0.3, 0.4) is 0 Å². The van der Waals surface area contributed by atoms with Gasteiger partial charge >= 0.3 is 19.8 Å². The predicted octanol–water partition coefficient (Wildman–Crippen LogP) is 11.2. The zero-order chi connectivity index (χ0) is 38.5. The highest BCUT2D eigenvalue weighted by Gasteiger charge is 2.22. The number of esters is 2. The van der Waals surface area contributed by atoms with Crippen molar-refractivity contribution in [3.8, 4) is 0 Å². The van der Waals surface area contributed by atoms with Crippen LogP contribution >= 0.6 is 7.82 Å². The van der Waals surface area contributed by atoms with Crippen LogP contribution in [-0.4, -0.2) is 52.3 Å². The molecular formula is C42H75O9P. The molecule has 0 aliphatic heterocycles. The molecule has 302 valence electrons. The second-order valence-corrected chi connectivity index (χ2v) is 15.6. The summed E-state index contributed by atoms with van der Waals surface area (Å²) in [5, 5.41) is 9.25. The summed E-state index contributed by atoms with van der Waals surface area (Å²) in [5.74, 6) is -0.146. The Hall–Kier alpha value is -2.03. The lowest BCUT2D eigenvalue weighted by Gasteiger charge is -2.18. The number of unbranched alkanes of at least 4 members (excludes halogenated alkanes) is 14. The Labute approximate surface area is 317 Å². The van der Waals surface area contributed by atoms with Gasteiger partial charge in [0.25, 0.3) is 0 Å². The second kappa shape index (κ2) is 36.0. The van der Waals surface area contributed by atoms with E-state index in [2.05, 4.69) is 54.8 Å². The number of hydrogen-bond acceptors (Lipinski definition) is 7. The van der Waals surface area contributed by atoms with Crippen LogP contribution in [0.15, 0.2) is 48.6 Å². The van der Waals surface area contributed by atoms with Crippen LogP contribution < -0.4 is 0 Å². The molecule has 9 nitrogen and oxygen atoms in total. The van der Waals surface area contributed by atoms with Crippen molar-refractivity contribution in [2.24, 2.45) is 5.92 Å². The lowest BCUT2D eigenvalue weighted by molar-refractivity contribution is -0.161. The number of rotatable bonds is 36. The van der Waals surface area contributed by atoms with E-state index in [0.717, 1.165) is 57.3 Å². The Morgan fingerprint density at radius 1 is 0.558 bits per heavy atom. The van der Waals surface area contributed by atoms with Gasteiger partial charge in [0.05, 0.1) is 12.7 Å². The maximum atomic E-state index is 12.4. The maximum Gasteiger partial charge on any atom is 0.469 e.